The number of nitrogens with two attached hydrogens (primary N) is 4. The zero-order chi connectivity index (χ0) is 52.3. The highest BCUT2D eigenvalue weighted by atomic mass is 16.6. The molecule has 9 N–H and O–H groups in total. The fraction of sp³-hybridized carbons (Fsp3) is 0.771. The highest BCUT2D eigenvalue weighted by molar-refractivity contribution is 5.91. The molecule has 0 aliphatic heterocycles. The number of ether oxygens (including phenoxy) is 8. The molecule has 0 fully saturated rings. The van der Waals surface area contributed by atoms with Gasteiger partial charge in [-0.3, -0.25) is 29.3 Å². The number of nitro groups is 1. The van der Waals surface area contributed by atoms with E-state index in [0.29, 0.717) is 116 Å². The number of nitrogens with one attached hydrogen (secondary N) is 1. The van der Waals surface area contributed by atoms with E-state index in [2.05, 4.69) is 39.9 Å². The Morgan fingerprint density at radius 1 is 0.638 bits per heavy atom. The van der Waals surface area contributed by atoms with Gasteiger partial charge >= 0.3 is 6.09 Å². The maximum atomic E-state index is 11.6. The Morgan fingerprint density at radius 2 is 1.07 bits per heavy atom. The first-order valence-electron chi connectivity index (χ1n) is 23.3. The Morgan fingerprint density at radius 3 is 1.39 bits per heavy atom. The van der Waals surface area contributed by atoms with Crippen LogP contribution >= 0.6 is 0 Å². The largest absolute Gasteiger partial charge is 0.413 e. The molecule has 21 heteroatoms. The molecule has 21 nitrogen and oxygen atoms in total. The Labute approximate surface area is 412 Å². The minimum absolute atomic E-state index is 0. The zero-order valence-electron chi connectivity index (χ0n) is 42.7. The van der Waals surface area contributed by atoms with Crippen LogP contribution in [0.5, 0.6) is 5.75 Å². The minimum atomic E-state index is -0.951. The van der Waals surface area contributed by atoms with Crippen LogP contribution in [0.1, 0.15) is 102 Å². The summed E-state index contributed by atoms with van der Waals surface area (Å²) >= 11 is 0. The molecule has 1 aromatic carbocycles. The number of carbonyl (C=O) groups is 5. The number of hydrogen-bond acceptors (Lipinski definition) is 19. The van der Waals surface area contributed by atoms with E-state index in [1.165, 1.54) is 52.0 Å². The van der Waals surface area contributed by atoms with Crippen molar-refractivity contribution in [1.82, 2.24) is 5.32 Å². The predicted molar refractivity (Wildman–Crippen MR) is 267 cm³/mol. The Bertz CT molecular complexity index is 1440. The van der Waals surface area contributed by atoms with Crippen molar-refractivity contribution >= 4 is 34.9 Å². The van der Waals surface area contributed by atoms with Gasteiger partial charge in [-0.1, -0.05) is 42.0 Å². The van der Waals surface area contributed by atoms with E-state index in [-0.39, 0.29) is 60.9 Å². The molecule has 0 bridgehead atoms. The number of nitro benzene ring substituents is 1. The number of non-ortho nitro benzene ring substituents is 1. The first kappa shape index (κ1) is 71.7. The second-order valence-electron chi connectivity index (χ2n) is 16.4. The van der Waals surface area contributed by atoms with Gasteiger partial charge in [0.1, 0.15) is 29.2 Å². The fourth-order valence-corrected chi connectivity index (χ4v) is 5.37. The third-order valence-corrected chi connectivity index (χ3v) is 9.47. The van der Waals surface area contributed by atoms with Crippen molar-refractivity contribution in [3.05, 3.63) is 34.4 Å². The van der Waals surface area contributed by atoms with E-state index in [9.17, 15) is 34.1 Å². The maximum Gasteiger partial charge on any atom is 0.413 e. The number of benzene rings is 1. The van der Waals surface area contributed by atoms with Crippen molar-refractivity contribution in [1.29, 1.82) is 0 Å². The summed E-state index contributed by atoms with van der Waals surface area (Å²) in [6, 6.07) is 3.33. The highest BCUT2D eigenvalue weighted by Crippen LogP contribution is 2.22. The van der Waals surface area contributed by atoms with Crippen LogP contribution in [0.25, 0.3) is 0 Å². The summed E-state index contributed by atoms with van der Waals surface area (Å²) < 4.78 is 43.6. The molecule has 0 aliphatic rings. The van der Waals surface area contributed by atoms with Crippen molar-refractivity contribution in [2.75, 3.05) is 99.4 Å². The third-order valence-electron chi connectivity index (χ3n) is 9.47. The number of amides is 1. The molecule has 0 saturated carbocycles. The van der Waals surface area contributed by atoms with E-state index >= 15 is 0 Å². The average molecular weight is 993 g/mol. The number of methoxy groups -OCH3 is 1. The monoisotopic (exact) mass is 993 g/mol. The summed E-state index contributed by atoms with van der Waals surface area (Å²) in [6.07, 6.45) is 1.95. The summed E-state index contributed by atoms with van der Waals surface area (Å²) in [5.41, 5.74) is 21.4. The molecule has 1 rings (SSSR count). The average Bonchev–Trinajstić information content (AvgIpc) is 3.26. The van der Waals surface area contributed by atoms with E-state index in [4.69, 9.17) is 60.8 Å². The lowest BCUT2D eigenvalue weighted by atomic mass is 9.86. The molecular formula is C48H92N6O15. The third kappa shape index (κ3) is 45.0. The van der Waals surface area contributed by atoms with Crippen LogP contribution in [-0.2, 0) is 52.3 Å². The summed E-state index contributed by atoms with van der Waals surface area (Å²) in [6.45, 7) is 24.4. The van der Waals surface area contributed by atoms with Gasteiger partial charge in [0.2, 0.25) is 0 Å². The lowest BCUT2D eigenvalue weighted by Crippen LogP contribution is -2.42. The van der Waals surface area contributed by atoms with Gasteiger partial charge in [-0.05, 0) is 96.5 Å². The fourth-order valence-electron chi connectivity index (χ4n) is 5.37. The minimum Gasteiger partial charge on any atom is -0.410 e. The molecule has 404 valence electrons. The van der Waals surface area contributed by atoms with E-state index in [1.807, 2.05) is 7.11 Å². The summed E-state index contributed by atoms with van der Waals surface area (Å²) in [4.78, 5) is 64.5. The highest BCUT2D eigenvalue weighted by Gasteiger charge is 2.23. The maximum absolute atomic E-state index is 11.6. The lowest BCUT2D eigenvalue weighted by Gasteiger charge is -2.28. The van der Waals surface area contributed by atoms with E-state index < -0.39 is 23.1 Å². The van der Waals surface area contributed by atoms with Crippen LogP contribution in [0.4, 0.5) is 10.5 Å². The molecule has 0 aromatic heterocycles. The van der Waals surface area contributed by atoms with E-state index in [0.717, 1.165) is 19.3 Å². The van der Waals surface area contributed by atoms with Crippen LogP contribution in [-0.4, -0.2) is 158 Å². The van der Waals surface area contributed by atoms with Crippen LogP contribution in [0.2, 0.25) is 0 Å². The van der Waals surface area contributed by atoms with Gasteiger partial charge in [-0.2, -0.15) is 0 Å². The van der Waals surface area contributed by atoms with Crippen LogP contribution in [0.15, 0.2) is 24.3 Å². The number of Topliss-reactive ketones (excluding diaryl/α,β-unsaturated/α-hetero) is 4. The second-order valence-corrected chi connectivity index (χ2v) is 16.4. The Balaban J connectivity index is -0.000000443. The lowest BCUT2D eigenvalue weighted by molar-refractivity contribution is -0.384. The van der Waals surface area contributed by atoms with Crippen molar-refractivity contribution in [3.63, 3.8) is 0 Å². The zero-order valence-corrected chi connectivity index (χ0v) is 42.7. The van der Waals surface area contributed by atoms with Crippen molar-refractivity contribution in [2.45, 2.75) is 126 Å². The number of nitrogens with zero attached hydrogens (tertiary/aromatic N) is 1. The summed E-state index contributed by atoms with van der Waals surface area (Å²) in [5, 5.41) is 12.7. The Kier molecular flexibility index (Phi) is 49.6. The molecular weight excluding hydrogens is 901 g/mol. The topological polar surface area (TPSA) is 318 Å². The van der Waals surface area contributed by atoms with Gasteiger partial charge in [0.25, 0.3) is 5.69 Å². The van der Waals surface area contributed by atoms with Crippen LogP contribution in [0, 0.1) is 27.9 Å². The molecule has 0 radical (unpaired) electrons. The quantitative estimate of drug-likeness (QED) is 0.0349. The molecule has 0 spiro atoms. The molecule has 1 aromatic rings. The van der Waals surface area contributed by atoms with Crippen LogP contribution in [0.3, 0.4) is 0 Å². The number of ketones is 4. The summed E-state index contributed by atoms with van der Waals surface area (Å²) in [5.74, 6) is 1.28. The van der Waals surface area contributed by atoms with Crippen molar-refractivity contribution < 1.29 is 66.8 Å². The van der Waals surface area contributed by atoms with Gasteiger partial charge in [-0.25, -0.2) is 4.79 Å². The van der Waals surface area contributed by atoms with Gasteiger partial charge in [-0.15, -0.1) is 0 Å². The normalized spacial score (nSPS) is 12.4. The Hall–Kier alpha value is -3.87. The number of carbonyl (C=O) groups excluding carboxylic acids is 5. The van der Waals surface area contributed by atoms with Crippen molar-refractivity contribution in [2.24, 2.45) is 40.7 Å². The second kappa shape index (κ2) is 47.8. The molecule has 0 aliphatic carbocycles. The van der Waals surface area contributed by atoms with Crippen LogP contribution < -0.4 is 33.0 Å². The number of rotatable bonds is 36. The predicted octanol–water partition coefficient (Wildman–Crippen LogP) is 4.59. The van der Waals surface area contributed by atoms with Crippen molar-refractivity contribution in [3.8, 4) is 5.75 Å². The van der Waals surface area contributed by atoms with Gasteiger partial charge in [0.15, 0.2) is 5.78 Å². The molecule has 4 unspecified atom stereocenters. The van der Waals surface area contributed by atoms with Gasteiger partial charge in [0.05, 0.1) is 76.0 Å². The van der Waals surface area contributed by atoms with Gasteiger partial charge < -0.3 is 66.1 Å². The molecule has 0 heterocycles. The molecule has 1 amide bonds. The standard InChI is InChI=1S/C18H41N3O6.C13H14N2O6.C10H22O.C6H11NO2.CH4/c19-4-1-7-22-10-12-25-16-18(27-15-14-24-9-3-6-21)17-26-13-11-23-8-2-5-20;1-8(16)7-12(9(2)17)14-13(18)21-11-5-3-10(4-6-11)15(19)20;1-7(2)9(5)10(11-6)8(3)4;1-4(8)3-6(7)5(2)9;/h18H,1-17,19-21H2;3-6,12H,7H2,1-2H3,(H,14,18);7-10H,1-6H3;6H,3,7H2,1-2H3;1H4. The SMILES string of the molecule is C.CC(=O)CC(N)C(C)=O.CC(=O)CC(NC(=O)Oc1ccc([N+](=O)[O-])cc1)C(C)=O.COC(C(C)C)C(C)C(C)C.NCCCOCCOCC(COCCOCCCN)OCCOCCCN. The first-order chi connectivity index (χ1) is 32.2. The smallest absolute Gasteiger partial charge is 0.410 e. The first-order valence-corrected chi connectivity index (χ1v) is 23.3. The summed E-state index contributed by atoms with van der Waals surface area (Å²) in [7, 11) is 1.81. The van der Waals surface area contributed by atoms with E-state index in [1.54, 1.807) is 0 Å². The number of hydrogen-bond donors (Lipinski definition) is 5. The van der Waals surface area contributed by atoms with Gasteiger partial charge in [0, 0.05) is 51.9 Å². The molecule has 4 atom stereocenters. The molecule has 0 saturated heterocycles. The molecule has 69 heavy (non-hydrogen) atoms.